The van der Waals surface area contributed by atoms with Crippen LogP contribution >= 0.6 is 11.3 Å². The van der Waals surface area contributed by atoms with Crippen molar-refractivity contribution in [2.75, 3.05) is 27.2 Å². The number of rotatable bonds is 4. The van der Waals surface area contributed by atoms with E-state index in [0.29, 0.717) is 17.8 Å². The molecule has 0 saturated carbocycles. The summed E-state index contributed by atoms with van der Waals surface area (Å²) in [5.74, 6) is 0. The molecule has 0 aliphatic carbocycles. The predicted octanol–water partition coefficient (Wildman–Crippen LogP) is 0.305. The highest BCUT2D eigenvalue weighted by Crippen LogP contribution is 2.30. The Labute approximate surface area is 122 Å². The minimum absolute atomic E-state index is 0.112. The Balaban J connectivity index is 2.29. The molecule has 2 atom stereocenters. The normalized spacial score (nSPS) is 24.1. The van der Waals surface area contributed by atoms with Crippen LogP contribution in [0.3, 0.4) is 0 Å². The number of sulfonamides is 1. The first-order valence-electron chi connectivity index (χ1n) is 6.19. The Kier molecular flexibility index (Phi) is 4.46. The van der Waals surface area contributed by atoms with Gasteiger partial charge < -0.3 is 10.0 Å². The summed E-state index contributed by atoms with van der Waals surface area (Å²) >= 11 is 0.963. The van der Waals surface area contributed by atoms with Gasteiger partial charge in [-0.2, -0.15) is 9.57 Å². The van der Waals surface area contributed by atoms with E-state index in [2.05, 4.69) is 0 Å². The van der Waals surface area contributed by atoms with E-state index in [-0.39, 0.29) is 16.8 Å². The van der Waals surface area contributed by atoms with Gasteiger partial charge >= 0.3 is 0 Å². The number of thiophene rings is 1. The number of β-amino-alcohol motifs (C(OH)–C–C–N with tert-alkyl or cyclic N) is 1. The average molecular weight is 315 g/mol. The molecule has 6 nitrogen and oxygen atoms in total. The topological polar surface area (TPSA) is 84.6 Å². The molecule has 2 rings (SSSR count). The fourth-order valence-electron chi connectivity index (χ4n) is 2.38. The molecule has 0 amide bonds. The smallest absolute Gasteiger partial charge is 0.252 e. The van der Waals surface area contributed by atoms with Crippen molar-refractivity contribution in [1.29, 1.82) is 5.26 Å². The van der Waals surface area contributed by atoms with Gasteiger partial charge in [-0.3, -0.25) is 0 Å². The molecular weight excluding hydrogens is 298 g/mol. The van der Waals surface area contributed by atoms with Gasteiger partial charge in [-0.05, 0) is 32.6 Å². The van der Waals surface area contributed by atoms with Crippen LogP contribution in [0.1, 0.15) is 11.3 Å². The fraction of sp³-hybridized carbons (Fsp3) is 0.583. The second kappa shape index (κ2) is 5.79. The molecule has 0 bridgehead atoms. The van der Waals surface area contributed by atoms with E-state index in [4.69, 9.17) is 5.26 Å². The Morgan fingerprint density at radius 1 is 1.55 bits per heavy atom. The van der Waals surface area contributed by atoms with Gasteiger partial charge in [0.15, 0.2) is 0 Å². The van der Waals surface area contributed by atoms with Crippen molar-refractivity contribution in [3.05, 3.63) is 17.0 Å². The van der Waals surface area contributed by atoms with Crippen LogP contribution in [0.15, 0.2) is 16.3 Å². The molecule has 110 valence electrons. The van der Waals surface area contributed by atoms with Crippen LogP contribution in [0.25, 0.3) is 0 Å². The predicted molar refractivity (Wildman–Crippen MR) is 75.9 cm³/mol. The molecule has 2 heterocycles. The Morgan fingerprint density at radius 3 is 2.80 bits per heavy atom. The molecule has 1 aromatic rings. The molecule has 1 saturated heterocycles. The van der Waals surface area contributed by atoms with Crippen molar-refractivity contribution in [3.8, 4) is 6.07 Å². The van der Waals surface area contributed by atoms with Gasteiger partial charge in [0.05, 0.1) is 6.10 Å². The van der Waals surface area contributed by atoms with E-state index in [0.717, 1.165) is 11.3 Å². The molecule has 1 aliphatic heterocycles. The fourth-order valence-corrected chi connectivity index (χ4v) is 5.28. The summed E-state index contributed by atoms with van der Waals surface area (Å²) < 4.78 is 26.7. The standard InChI is InChI=1S/C12H17N3O3S2/c1-14(2)7-9-5-10(16)8-15(9)20(17,18)12-4-3-11(6-13)19-12/h3-4,9-10,16H,5,7-8H2,1-2H3. The summed E-state index contributed by atoms with van der Waals surface area (Å²) in [4.78, 5) is 2.27. The number of nitriles is 1. The zero-order valence-electron chi connectivity index (χ0n) is 11.4. The zero-order valence-corrected chi connectivity index (χ0v) is 13.0. The van der Waals surface area contributed by atoms with Crippen molar-refractivity contribution in [1.82, 2.24) is 9.21 Å². The number of hydrogen-bond acceptors (Lipinski definition) is 6. The summed E-state index contributed by atoms with van der Waals surface area (Å²) in [5.41, 5.74) is 0. The van der Waals surface area contributed by atoms with E-state index in [1.54, 1.807) is 0 Å². The third-order valence-corrected chi connectivity index (χ3v) is 6.55. The van der Waals surface area contributed by atoms with Crippen LogP contribution in [0.4, 0.5) is 0 Å². The quantitative estimate of drug-likeness (QED) is 0.864. The van der Waals surface area contributed by atoms with Crippen molar-refractivity contribution in [2.45, 2.75) is 22.8 Å². The van der Waals surface area contributed by atoms with Crippen LogP contribution in [0.2, 0.25) is 0 Å². The monoisotopic (exact) mass is 315 g/mol. The third kappa shape index (κ3) is 3.02. The molecule has 8 heteroatoms. The van der Waals surface area contributed by atoms with Crippen molar-refractivity contribution < 1.29 is 13.5 Å². The van der Waals surface area contributed by atoms with E-state index < -0.39 is 16.1 Å². The van der Waals surface area contributed by atoms with Gasteiger partial charge in [-0.25, -0.2) is 8.42 Å². The van der Waals surface area contributed by atoms with Crippen molar-refractivity contribution >= 4 is 21.4 Å². The van der Waals surface area contributed by atoms with E-state index in [1.165, 1.54) is 16.4 Å². The lowest BCUT2D eigenvalue weighted by molar-refractivity contribution is 0.188. The first kappa shape index (κ1) is 15.4. The van der Waals surface area contributed by atoms with Gasteiger partial charge in [0.1, 0.15) is 15.2 Å². The molecule has 1 fully saturated rings. The lowest BCUT2D eigenvalue weighted by Gasteiger charge is -2.25. The van der Waals surface area contributed by atoms with Crippen LogP contribution in [-0.2, 0) is 10.0 Å². The maximum Gasteiger partial charge on any atom is 0.252 e. The van der Waals surface area contributed by atoms with E-state index in [9.17, 15) is 13.5 Å². The largest absolute Gasteiger partial charge is 0.392 e. The highest BCUT2D eigenvalue weighted by molar-refractivity contribution is 7.91. The van der Waals surface area contributed by atoms with Crippen molar-refractivity contribution in [3.63, 3.8) is 0 Å². The summed E-state index contributed by atoms with van der Waals surface area (Å²) in [6.07, 6.45) is -0.196. The average Bonchev–Trinajstić information content (AvgIpc) is 2.95. The molecule has 1 N–H and O–H groups in total. The third-order valence-electron chi connectivity index (χ3n) is 3.17. The minimum Gasteiger partial charge on any atom is -0.392 e. The molecular formula is C12H17N3O3S2. The van der Waals surface area contributed by atoms with Crippen molar-refractivity contribution in [2.24, 2.45) is 0 Å². The van der Waals surface area contributed by atoms with Crippen LogP contribution < -0.4 is 0 Å². The van der Waals surface area contributed by atoms with Gasteiger partial charge in [0, 0.05) is 19.1 Å². The second-order valence-corrected chi connectivity index (χ2v) is 8.31. The number of nitrogens with zero attached hydrogens (tertiary/aromatic N) is 3. The molecule has 0 spiro atoms. The van der Waals surface area contributed by atoms with E-state index in [1.807, 2.05) is 25.1 Å². The van der Waals surface area contributed by atoms with Gasteiger partial charge in [-0.15, -0.1) is 11.3 Å². The summed E-state index contributed by atoms with van der Waals surface area (Å²) in [6, 6.07) is 4.66. The molecule has 0 aromatic carbocycles. The lowest BCUT2D eigenvalue weighted by atomic mass is 10.2. The highest BCUT2D eigenvalue weighted by Gasteiger charge is 2.40. The summed E-state index contributed by atoms with van der Waals surface area (Å²) in [5, 5.41) is 18.6. The first-order chi connectivity index (χ1) is 9.34. The summed E-state index contributed by atoms with van der Waals surface area (Å²) in [6.45, 7) is 0.674. The van der Waals surface area contributed by atoms with Gasteiger partial charge in [0.2, 0.25) is 0 Å². The Bertz CT molecular complexity index is 618. The first-order valence-corrected chi connectivity index (χ1v) is 8.45. The molecule has 2 unspecified atom stereocenters. The Morgan fingerprint density at radius 2 is 2.25 bits per heavy atom. The van der Waals surface area contributed by atoms with Gasteiger partial charge in [0.25, 0.3) is 10.0 Å². The summed E-state index contributed by atoms with van der Waals surface area (Å²) in [7, 11) is 0.0973. The number of aliphatic hydroxyl groups is 1. The highest BCUT2D eigenvalue weighted by atomic mass is 32.2. The van der Waals surface area contributed by atoms with Crippen LogP contribution in [-0.4, -0.2) is 62.1 Å². The Hall–Kier alpha value is -0.980. The van der Waals surface area contributed by atoms with Crippen LogP contribution in [0, 0.1) is 11.3 Å². The number of aliphatic hydroxyl groups excluding tert-OH is 1. The maximum absolute atomic E-state index is 12.6. The minimum atomic E-state index is -3.64. The molecule has 1 aromatic heterocycles. The molecule has 1 aliphatic rings. The van der Waals surface area contributed by atoms with E-state index >= 15 is 0 Å². The zero-order chi connectivity index (χ0) is 14.9. The second-order valence-electron chi connectivity index (χ2n) is 5.11. The number of likely N-dealkylation sites (N-methyl/N-ethyl adjacent to an activating group) is 1. The van der Waals surface area contributed by atoms with Crippen LogP contribution in [0.5, 0.6) is 0 Å². The molecule has 20 heavy (non-hydrogen) atoms. The van der Waals surface area contributed by atoms with Gasteiger partial charge in [-0.1, -0.05) is 0 Å². The molecule has 0 radical (unpaired) electrons. The number of hydrogen-bond donors (Lipinski definition) is 1. The SMILES string of the molecule is CN(C)CC1CC(O)CN1S(=O)(=O)c1ccc(C#N)s1. The maximum atomic E-state index is 12.6. The lowest BCUT2D eigenvalue weighted by Crippen LogP contribution is -2.41.